The number of hydrogen-bond donors (Lipinski definition) is 1. The number of pyridine rings is 1. The Kier molecular flexibility index (Phi) is 3.67. The lowest BCUT2D eigenvalue weighted by molar-refractivity contribution is 0.0946. The predicted octanol–water partition coefficient (Wildman–Crippen LogP) is 1.88. The quantitative estimate of drug-likeness (QED) is 0.886. The van der Waals surface area contributed by atoms with Gasteiger partial charge in [-0.3, -0.25) is 9.78 Å². The van der Waals surface area contributed by atoms with Gasteiger partial charge in [-0.2, -0.15) is 5.26 Å². The molecular weight excluding hydrogens is 226 g/mol. The van der Waals surface area contributed by atoms with Gasteiger partial charge in [-0.05, 0) is 17.7 Å². The number of carbonyl (C=O) groups excluding carboxylic acids is 1. The second kappa shape index (κ2) is 5.60. The summed E-state index contributed by atoms with van der Waals surface area (Å²) < 4.78 is 0. The molecule has 88 valence electrons. The van der Waals surface area contributed by atoms with Crippen LogP contribution in [0.2, 0.25) is 0 Å². The first-order valence-electron chi connectivity index (χ1n) is 5.48. The lowest BCUT2D eigenvalue weighted by atomic mass is 10.2. The second-order valence-electron chi connectivity index (χ2n) is 3.71. The van der Waals surface area contributed by atoms with E-state index in [0.29, 0.717) is 12.1 Å². The molecule has 0 saturated heterocycles. The Morgan fingerprint density at radius 1 is 1.28 bits per heavy atom. The van der Waals surface area contributed by atoms with Gasteiger partial charge in [0.15, 0.2) is 0 Å². The number of rotatable bonds is 3. The SMILES string of the molecule is N#Cc1ccnc(C(=O)NCc2ccccc2)c1. The summed E-state index contributed by atoms with van der Waals surface area (Å²) in [5, 5.41) is 11.5. The van der Waals surface area contributed by atoms with E-state index in [4.69, 9.17) is 5.26 Å². The minimum absolute atomic E-state index is 0.255. The van der Waals surface area contributed by atoms with E-state index in [0.717, 1.165) is 5.56 Å². The highest BCUT2D eigenvalue weighted by Gasteiger charge is 2.07. The van der Waals surface area contributed by atoms with Crippen LogP contribution >= 0.6 is 0 Å². The minimum Gasteiger partial charge on any atom is -0.347 e. The molecule has 2 aromatic rings. The van der Waals surface area contributed by atoms with Crippen LogP contribution in [-0.2, 0) is 6.54 Å². The van der Waals surface area contributed by atoms with Crippen LogP contribution in [0.15, 0.2) is 48.7 Å². The fourth-order valence-electron chi connectivity index (χ4n) is 1.49. The third-order valence-corrected chi connectivity index (χ3v) is 2.42. The molecular formula is C14H11N3O. The van der Waals surface area contributed by atoms with Crippen molar-refractivity contribution in [1.29, 1.82) is 5.26 Å². The van der Waals surface area contributed by atoms with Crippen LogP contribution in [0.4, 0.5) is 0 Å². The summed E-state index contributed by atoms with van der Waals surface area (Å²) in [4.78, 5) is 15.7. The van der Waals surface area contributed by atoms with Crippen LogP contribution in [0.5, 0.6) is 0 Å². The molecule has 1 heterocycles. The van der Waals surface area contributed by atoms with E-state index >= 15 is 0 Å². The van der Waals surface area contributed by atoms with Crippen LogP contribution in [-0.4, -0.2) is 10.9 Å². The van der Waals surface area contributed by atoms with Crippen LogP contribution < -0.4 is 5.32 Å². The number of nitriles is 1. The smallest absolute Gasteiger partial charge is 0.270 e. The molecule has 1 aromatic heterocycles. The summed E-state index contributed by atoms with van der Waals surface area (Å²) in [5.74, 6) is -0.282. The molecule has 0 radical (unpaired) electrons. The first-order chi connectivity index (χ1) is 8.79. The van der Waals surface area contributed by atoms with Crippen molar-refractivity contribution < 1.29 is 4.79 Å². The molecule has 1 aromatic carbocycles. The summed E-state index contributed by atoms with van der Waals surface area (Å²) in [6.07, 6.45) is 1.45. The maximum atomic E-state index is 11.8. The Balaban J connectivity index is 2.02. The molecule has 0 fully saturated rings. The van der Waals surface area contributed by atoms with E-state index in [1.807, 2.05) is 36.4 Å². The molecule has 1 N–H and O–H groups in total. The van der Waals surface area contributed by atoms with E-state index in [9.17, 15) is 4.79 Å². The molecule has 18 heavy (non-hydrogen) atoms. The van der Waals surface area contributed by atoms with E-state index in [1.54, 1.807) is 6.07 Å². The molecule has 0 unspecified atom stereocenters. The van der Waals surface area contributed by atoms with Crippen LogP contribution in [0.1, 0.15) is 21.6 Å². The zero-order valence-corrected chi connectivity index (χ0v) is 9.63. The molecule has 0 aliphatic rings. The third-order valence-electron chi connectivity index (χ3n) is 2.42. The average Bonchev–Trinajstić information content (AvgIpc) is 2.46. The first kappa shape index (κ1) is 11.8. The van der Waals surface area contributed by atoms with Gasteiger partial charge in [0.1, 0.15) is 5.69 Å². The molecule has 0 saturated carbocycles. The molecule has 0 spiro atoms. The van der Waals surface area contributed by atoms with Crippen molar-refractivity contribution in [2.45, 2.75) is 6.54 Å². The summed E-state index contributed by atoms with van der Waals surface area (Å²) in [6, 6.07) is 14.6. The zero-order valence-electron chi connectivity index (χ0n) is 9.63. The highest BCUT2D eigenvalue weighted by molar-refractivity contribution is 5.92. The van der Waals surface area contributed by atoms with Crippen molar-refractivity contribution in [3.05, 3.63) is 65.5 Å². The molecule has 0 aliphatic carbocycles. The van der Waals surface area contributed by atoms with Crippen molar-refractivity contribution in [2.24, 2.45) is 0 Å². The number of nitrogens with zero attached hydrogens (tertiary/aromatic N) is 2. The Hall–Kier alpha value is -2.67. The van der Waals surface area contributed by atoms with Gasteiger partial charge in [0.2, 0.25) is 0 Å². The normalized spacial score (nSPS) is 9.50. The number of benzene rings is 1. The van der Waals surface area contributed by atoms with Crippen LogP contribution in [0.3, 0.4) is 0 Å². The molecule has 1 amide bonds. The minimum atomic E-state index is -0.282. The fraction of sp³-hybridized carbons (Fsp3) is 0.0714. The van der Waals surface area contributed by atoms with Gasteiger partial charge in [0.05, 0.1) is 11.6 Å². The lowest BCUT2D eigenvalue weighted by Crippen LogP contribution is -2.23. The van der Waals surface area contributed by atoms with Crippen molar-refractivity contribution >= 4 is 5.91 Å². The molecule has 2 rings (SSSR count). The van der Waals surface area contributed by atoms with Gasteiger partial charge in [-0.1, -0.05) is 30.3 Å². The highest BCUT2D eigenvalue weighted by Crippen LogP contribution is 2.02. The standard InChI is InChI=1S/C14H11N3O/c15-9-12-6-7-16-13(8-12)14(18)17-10-11-4-2-1-3-5-11/h1-8H,10H2,(H,17,18). The number of amides is 1. The van der Waals surface area contributed by atoms with E-state index in [1.165, 1.54) is 12.3 Å². The van der Waals surface area contributed by atoms with Gasteiger partial charge in [-0.25, -0.2) is 0 Å². The number of aromatic nitrogens is 1. The molecule has 4 heteroatoms. The topological polar surface area (TPSA) is 65.8 Å². The van der Waals surface area contributed by atoms with Crippen molar-refractivity contribution in [1.82, 2.24) is 10.3 Å². The zero-order chi connectivity index (χ0) is 12.8. The van der Waals surface area contributed by atoms with Gasteiger partial charge >= 0.3 is 0 Å². The summed E-state index contributed by atoms with van der Waals surface area (Å²) in [7, 11) is 0. The number of hydrogen-bond acceptors (Lipinski definition) is 3. The van der Waals surface area contributed by atoms with E-state index in [-0.39, 0.29) is 11.6 Å². The maximum Gasteiger partial charge on any atom is 0.270 e. The Morgan fingerprint density at radius 3 is 2.78 bits per heavy atom. The molecule has 0 atom stereocenters. The average molecular weight is 237 g/mol. The van der Waals surface area contributed by atoms with Gasteiger partial charge in [-0.15, -0.1) is 0 Å². The fourth-order valence-corrected chi connectivity index (χ4v) is 1.49. The second-order valence-corrected chi connectivity index (χ2v) is 3.71. The molecule has 0 aliphatic heterocycles. The molecule has 4 nitrogen and oxygen atoms in total. The maximum absolute atomic E-state index is 11.8. The van der Waals surface area contributed by atoms with Crippen LogP contribution in [0.25, 0.3) is 0 Å². The van der Waals surface area contributed by atoms with Gasteiger partial charge < -0.3 is 5.32 Å². The largest absolute Gasteiger partial charge is 0.347 e. The summed E-state index contributed by atoms with van der Waals surface area (Å²) in [6.45, 7) is 0.443. The van der Waals surface area contributed by atoms with E-state index < -0.39 is 0 Å². The summed E-state index contributed by atoms with van der Waals surface area (Å²) in [5.41, 5.74) is 1.70. The Morgan fingerprint density at radius 2 is 2.06 bits per heavy atom. The highest BCUT2D eigenvalue weighted by atomic mass is 16.1. The Labute approximate surface area is 105 Å². The third kappa shape index (κ3) is 2.92. The number of carbonyl (C=O) groups is 1. The van der Waals surface area contributed by atoms with Gasteiger partial charge in [0, 0.05) is 12.7 Å². The van der Waals surface area contributed by atoms with Crippen LogP contribution in [0, 0.1) is 11.3 Å². The number of nitrogens with one attached hydrogen (secondary N) is 1. The lowest BCUT2D eigenvalue weighted by Gasteiger charge is -2.04. The van der Waals surface area contributed by atoms with Crippen molar-refractivity contribution in [3.8, 4) is 6.07 Å². The molecule has 0 bridgehead atoms. The van der Waals surface area contributed by atoms with Crippen molar-refractivity contribution in [2.75, 3.05) is 0 Å². The Bertz CT molecular complexity index is 587. The van der Waals surface area contributed by atoms with Gasteiger partial charge in [0.25, 0.3) is 5.91 Å². The summed E-state index contributed by atoms with van der Waals surface area (Å²) >= 11 is 0. The van der Waals surface area contributed by atoms with Crippen molar-refractivity contribution in [3.63, 3.8) is 0 Å². The first-order valence-corrected chi connectivity index (χ1v) is 5.48. The predicted molar refractivity (Wildman–Crippen MR) is 66.6 cm³/mol. The van der Waals surface area contributed by atoms with E-state index in [2.05, 4.69) is 10.3 Å². The monoisotopic (exact) mass is 237 g/mol.